The number of carbonyl (C=O) groups excluding carboxylic acids is 3. The Morgan fingerprint density at radius 3 is 2.58 bits per heavy atom. The Morgan fingerprint density at radius 1 is 1.37 bits per heavy atom. The van der Waals surface area contributed by atoms with E-state index in [-0.39, 0.29) is 29.6 Å². The van der Waals surface area contributed by atoms with Gasteiger partial charge in [0.05, 0.1) is 5.02 Å². The van der Waals surface area contributed by atoms with Crippen molar-refractivity contribution in [1.29, 1.82) is 0 Å². The third-order valence-corrected chi connectivity index (χ3v) is 2.74. The second kappa shape index (κ2) is 5.21. The van der Waals surface area contributed by atoms with Crippen LogP contribution in [-0.4, -0.2) is 40.7 Å². The third-order valence-electron chi connectivity index (χ3n) is 2.43. The van der Waals surface area contributed by atoms with Crippen molar-refractivity contribution in [3.8, 4) is 0 Å². The van der Waals surface area contributed by atoms with Gasteiger partial charge in [-0.05, 0) is 12.1 Å². The van der Waals surface area contributed by atoms with E-state index in [1.165, 1.54) is 12.1 Å². The van der Waals surface area contributed by atoms with Crippen LogP contribution in [0.25, 0.3) is 0 Å². The monoisotopic (exact) mass is 283 g/mol. The number of nitrogens with zero attached hydrogens (tertiary/aromatic N) is 2. The molecule has 9 heteroatoms. The summed E-state index contributed by atoms with van der Waals surface area (Å²) in [6.07, 6.45) is 0. The van der Waals surface area contributed by atoms with Crippen LogP contribution in [0, 0.1) is 0 Å². The topological polar surface area (TPSA) is 117 Å². The Hall–Kier alpha value is -2.19. The molecule has 0 aliphatic carbocycles. The van der Waals surface area contributed by atoms with Gasteiger partial charge in [-0.25, -0.2) is 10.8 Å². The van der Waals surface area contributed by atoms with Crippen molar-refractivity contribution in [2.45, 2.75) is 0 Å². The Labute approximate surface area is 112 Å². The molecule has 0 atom stereocenters. The molecule has 1 aromatic rings. The zero-order valence-corrected chi connectivity index (χ0v) is 10.4. The molecule has 3 amide bonds. The van der Waals surface area contributed by atoms with Crippen LogP contribution in [0.1, 0.15) is 10.5 Å². The number of hydrogen-bond donors (Lipinski definition) is 3. The molecule has 0 bridgehead atoms. The van der Waals surface area contributed by atoms with E-state index in [0.29, 0.717) is 0 Å². The number of imide groups is 1. The van der Waals surface area contributed by atoms with E-state index >= 15 is 0 Å². The SMILES string of the molecule is NNc1ccc(Cl)c(C(=O)N2CC(=O)NC(=O)C2)n1. The van der Waals surface area contributed by atoms with Crippen molar-refractivity contribution < 1.29 is 14.4 Å². The Kier molecular flexibility index (Phi) is 3.63. The van der Waals surface area contributed by atoms with Gasteiger partial charge in [-0.1, -0.05) is 11.6 Å². The van der Waals surface area contributed by atoms with Crippen LogP contribution in [0.5, 0.6) is 0 Å². The molecule has 1 fully saturated rings. The molecule has 19 heavy (non-hydrogen) atoms. The quantitative estimate of drug-likeness (QED) is 0.368. The van der Waals surface area contributed by atoms with E-state index in [2.05, 4.69) is 15.7 Å². The van der Waals surface area contributed by atoms with Gasteiger partial charge in [-0.3, -0.25) is 19.7 Å². The minimum atomic E-state index is -0.606. The maximum atomic E-state index is 12.2. The Bertz CT molecular complexity index is 546. The van der Waals surface area contributed by atoms with E-state index < -0.39 is 17.7 Å². The molecule has 1 aliphatic heterocycles. The zero-order chi connectivity index (χ0) is 14.0. The zero-order valence-electron chi connectivity index (χ0n) is 9.64. The van der Waals surface area contributed by atoms with Crippen LogP contribution in [0.3, 0.4) is 0 Å². The summed E-state index contributed by atoms with van der Waals surface area (Å²) in [5, 5.41) is 2.21. The number of carbonyl (C=O) groups is 3. The fourth-order valence-corrected chi connectivity index (χ4v) is 1.79. The predicted molar refractivity (Wildman–Crippen MR) is 66.1 cm³/mol. The molecule has 0 aromatic carbocycles. The second-order valence-corrected chi connectivity index (χ2v) is 4.21. The van der Waals surface area contributed by atoms with E-state index in [0.717, 1.165) is 4.90 Å². The number of hydrazine groups is 1. The lowest BCUT2D eigenvalue weighted by Gasteiger charge is -2.25. The van der Waals surface area contributed by atoms with Crippen molar-refractivity contribution in [1.82, 2.24) is 15.2 Å². The first kappa shape index (κ1) is 13.2. The van der Waals surface area contributed by atoms with E-state index in [9.17, 15) is 14.4 Å². The summed E-state index contributed by atoms with van der Waals surface area (Å²) in [6.45, 7) is -0.439. The van der Waals surface area contributed by atoms with Gasteiger partial charge in [0.1, 0.15) is 24.6 Å². The van der Waals surface area contributed by atoms with Gasteiger partial charge in [0.15, 0.2) is 0 Å². The fraction of sp³-hybridized carbons (Fsp3) is 0.200. The lowest BCUT2D eigenvalue weighted by molar-refractivity contribution is -0.135. The molecule has 2 rings (SSSR count). The number of hydrogen-bond acceptors (Lipinski definition) is 6. The van der Waals surface area contributed by atoms with Crippen LogP contribution in [0.15, 0.2) is 12.1 Å². The van der Waals surface area contributed by atoms with Crippen LogP contribution >= 0.6 is 11.6 Å². The highest BCUT2D eigenvalue weighted by Gasteiger charge is 2.29. The van der Waals surface area contributed by atoms with E-state index in [1.807, 2.05) is 0 Å². The number of nitrogens with two attached hydrogens (primary N) is 1. The third kappa shape index (κ3) is 2.80. The fourth-order valence-electron chi connectivity index (χ4n) is 1.60. The summed E-state index contributed by atoms with van der Waals surface area (Å²) >= 11 is 5.88. The maximum Gasteiger partial charge on any atom is 0.275 e. The predicted octanol–water partition coefficient (Wildman–Crippen LogP) is -0.881. The van der Waals surface area contributed by atoms with Crippen molar-refractivity contribution >= 4 is 35.1 Å². The highest BCUT2D eigenvalue weighted by atomic mass is 35.5. The molecule has 2 heterocycles. The summed E-state index contributed by atoms with van der Waals surface area (Å²) in [7, 11) is 0. The van der Waals surface area contributed by atoms with Gasteiger partial charge in [0, 0.05) is 0 Å². The molecule has 0 radical (unpaired) electrons. The molecular weight excluding hydrogens is 274 g/mol. The van der Waals surface area contributed by atoms with Gasteiger partial charge in [-0.2, -0.15) is 0 Å². The smallest absolute Gasteiger partial charge is 0.275 e. The highest BCUT2D eigenvalue weighted by molar-refractivity contribution is 6.33. The summed E-state index contributed by atoms with van der Waals surface area (Å²) in [4.78, 5) is 39.6. The minimum Gasteiger partial charge on any atom is -0.319 e. The van der Waals surface area contributed by atoms with Crippen molar-refractivity contribution in [3.63, 3.8) is 0 Å². The first-order valence-electron chi connectivity index (χ1n) is 5.26. The number of pyridine rings is 1. The lowest BCUT2D eigenvalue weighted by atomic mass is 10.2. The van der Waals surface area contributed by atoms with Crippen LogP contribution in [0.2, 0.25) is 5.02 Å². The number of amides is 3. The standard InChI is InChI=1S/C10H10ClN5O3/c11-5-1-2-6(15-12)13-9(5)10(19)16-3-7(17)14-8(18)4-16/h1-2H,3-4,12H2,(H,13,15)(H,14,17,18). The summed E-state index contributed by atoms with van der Waals surface area (Å²) in [5.41, 5.74) is 2.21. The van der Waals surface area contributed by atoms with Gasteiger partial charge >= 0.3 is 0 Å². The number of rotatable bonds is 2. The normalized spacial score (nSPS) is 15.2. The second-order valence-electron chi connectivity index (χ2n) is 3.80. The summed E-state index contributed by atoms with van der Waals surface area (Å²) in [5.74, 6) is 3.74. The van der Waals surface area contributed by atoms with Crippen LogP contribution in [0.4, 0.5) is 5.82 Å². The van der Waals surface area contributed by atoms with Crippen molar-refractivity contribution in [2.75, 3.05) is 18.5 Å². The van der Waals surface area contributed by atoms with Crippen LogP contribution in [-0.2, 0) is 9.59 Å². The molecule has 8 nitrogen and oxygen atoms in total. The van der Waals surface area contributed by atoms with Gasteiger partial charge in [-0.15, -0.1) is 0 Å². The summed E-state index contributed by atoms with van der Waals surface area (Å²) < 4.78 is 0. The van der Waals surface area contributed by atoms with Crippen molar-refractivity contribution in [2.24, 2.45) is 5.84 Å². The summed E-state index contributed by atoms with van der Waals surface area (Å²) in [6, 6.07) is 2.94. The molecule has 0 spiro atoms. The first-order valence-corrected chi connectivity index (χ1v) is 5.64. The van der Waals surface area contributed by atoms with Gasteiger partial charge in [0.25, 0.3) is 5.91 Å². The number of nitrogens with one attached hydrogen (secondary N) is 2. The molecule has 0 saturated carbocycles. The van der Waals surface area contributed by atoms with Gasteiger partial charge in [0.2, 0.25) is 11.8 Å². The molecule has 1 aromatic heterocycles. The first-order chi connectivity index (χ1) is 9.01. The van der Waals surface area contributed by atoms with E-state index in [4.69, 9.17) is 17.4 Å². The maximum absolute atomic E-state index is 12.2. The molecule has 1 saturated heterocycles. The highest BCUT2D eigenvalue weighted by Crippen LogP contribution is 2.18. The lowest BCUT2D eigenvalue weighted by Crippen LogP contribution is -2.53. The average molecular weight is 284 g/mol. The van der Waals surface area contributed by atoms with Crippen molar-refractivity contribution in [3.05, 3.63) is 22.8 Å². The molecule has 0 unspecified atom stereocenters. The van der Waals surface area contributed by atoms with Crippen LogP contribution < -0.4 is 16.6 Å². The average Bonchev–Trinajstić information content (AvgIpc) is 2.37. The Morgan fingerprint density at radius 2 is 2.00 bits per heavy atom. The number of piperazine rings is 1. The Balaban J connectivity index is 2.28. The molecular formula is C10H10ClN5O3. The number of nitrogen functional groups attached to an aromatic ring is 1. The molecule has 4 N–H and O–H groups in total. The molecule has 100 valence electrons. The number of anilines is 1. The van der Waals surface area contributed by atoms with E-state index in [1.54, 1.807) is 0 Å². The number of aromatic nitrogens is 1. The minimum absolute atomic E-state index is 0.0698. The van der Waals surface area contributed by atoms with Gasteiger partial charge < -0.3 is 10.3 Å². The number of halogens is 1. The largest absolute Gasteiger partial charge is 0.319 e. The molecule has 1 aliphatic rings.